The fraction of sp³-hybridized carbons (Fsp3) is 0.900. The van der Waals surface area contributed by atoms with Crippen LogP contribution in [-0.4, -0.2) is 31.6 Å². The van der Waals surface area contributed by atoms with E-state index >= 15 is 0 Å². The monoisotopic (exact) mass is 230 g/mol. The molecule has 0 aromatic rings. The molecular weight excluding hydrogens is 212 g/mol. The highest BCUT2D eigenvalue weighted by molar-refractivity contribution is 7.89. The second-order valence-electron chi connectivity index (χ2n) is 4.16. The number of unbranched alkanes of at least 4 members (excludes halogenated alkanes) is 1. The van der Waals surface area contributed by atoms with Crippen molar-refractivity contribution in [2.45, 2.75) is 32.6 Å². The maximum absolute atomic E-state index is 11.8. The van der Waals surface area contributed by atoms with Crippen LogP contribution in [0.3, 0.4) is 0 Å². The summed E-state index contributed by atoms with van der Waals surface area (Å²) in [5, 5.41) is 8.35. The van der Waals surface area contributed by atoms with E-state index in [1.165, 1.54) is 0 Å². The zero-order valence-electron chi connectivity index (χ0n) is 9.15. The Kier molecular flexibility index (Phi) is 4.55. The molecule has 0 aromatic heterocycles. The van der Waals surface area contributed by atoms with Gasteiger partial charge in [-0.1, -0.05) is 6.92 Å². The number of rotatable bonds is 4. The number of sulfonamides is 1. The van der Waals surface area contributed by atoms with E-state index in [2.05, 4.69) is 6.92 Å². The quantitative estimate of drug-likeness (QED) is 0.685. The van der Waals surface area contributed by atoms with Crippen LogP contribution in [0.4, 0.5) is 0 Å². The van der Waals surface area contributed by atoms with Crippen LogP contribution < -0.4 is 0 Å². The van der Waals surface area contributed by atoms with E-state index in [0.29, 0.717) is 31.8 Å². The molecule has 0 aromatic carbocycles. The van der Waals surface area contributed by atoms with E-state index in [1.807, 2.05) is 6.07 Å². The molecule has 0 amide bonds. The second kappa shape index (κ2) is 5.47. The van der Waals surface area contributed by atoms with Crippen molar-refractivity contribution in [1.82, 2.24) is 4.31 Å². The third kappa shape index (κ3) is 3.80. The van der Waals surface area contributed by atoms with Gasteiger partial charge in [0.15, 0.2) is 0 Å². The van der Waals surface area contributed by atoms with Gasteiger partial charge in [0.05, 0.1) is 11.8 Å². The van der Waals surface area contributed by atoms with Crippen molar-refractivity contribution in [3.05, 3.63) is 0 Å². The average molecular weight is 230 g/mol. The molecule has 0 unspecified atom stereocenters. The molecule has 1 saturated heterocycles. The summed E-state index contributed by atoms with van der Waals surface area (Å²) in [5.41, 5.74) is 0. The highest BCUT2D eigenvalue weighted by atomic mass is 32.2. The third-order valence-electron chi connectivity index (χ3n) is 2.83. The predicted octanol–water partition coefficient (Wildman–Crippen LogP) is 1.35. The smallest absolute Gasteiger partial charge is 0.212 e. The van der Waals surface area contributed by atoms with Gasteiger partial charge < -0.3 is 0 Å². The zero-order chi connectivity index (χ0) is 11.3. The molecule has 1 rings (SSSR count). The first-order valence-electron chi connectivity index (χ1n) is 5.41. The lowest BCUT2D eigenvalue weighted by Gasteiger charge is -2.29. The summed E-state index contributed by atoms with van der Waals surface area (Å²) in [5.74, 6) is 0.755. The summed E-state index contributed by atoms with van der Waals surface area (Å²) in [6, 6.07) is 1.97. The zero-order valence-corrected chi connectivity index (χ0v) is 9.96. The Bertz CT molecular complexity index is 324. The summed E-state index contributed by atoms with van der Waals surface area (Å²) in [4.78, 5) is 0. The van der Waals surface area contributed by atoms with E-state index in [4.69, 9.17) is 5.26 Å². The van der Waals surface area contributed by atoms with E-state index < -0.39 is 10.0 Å². The fourth-order valence-electron chi connectivity index (χ4n) is 1.73. The molecule has 1 aliphatic rings. The molecule has 5 heteroatoms. The van der Waals surface area contributed by atoms with Gasteiger partial charge in [0.1, 0.15) is 0 Å². The normalized spacial score (nSPS) is 20.0. The van der Waals surface area contributed by atoms with E-state index in [9.17, 15) is 8.42 Å². The minimum absolute atomic E-state index is 0.120. The molecule has 0 saturated carbocycles. The van der Waals surface area contributed by atoms with Gasteiger partial charge in [-0.25, -0.2) is 12.7 Å². The molecule has 0 bridgehead atoms. The molecule has 86 valence electrons. The van der Waals surface area contributed by atoms with Gasteiger partial charge in [-0.05, 0) is 25.2 Å². The summed E-state index contributed by atoms with van der Waals surface area (Å²) in [7, 11) is -3.10. The maximum atomic E-state index is 11.8. The molecule has 0 N–H and O–H groups in total. The van der Waals surface area contributed by atoms with E-state index in [0.717, 1.165) is 12.8 Å². The van der Waals surface area contributed by atoms with Crippen LogP contribution in [0.2, 0.25) is 0 Å². The fourth-order valence-corrected chi connectivity index (χ4v) is 3.26. The van der Waals surface area contributed by atoms with Gasteiger partial charge in [0.2, 0.25) is 10.0 Å². The predicted molar refractivity (Wildman–Crippen MR) is 58.6 cm³/mol. The van der Waals surface area contributed by atoms with Gasteiger partial charge in [0.25, 0.3) is 0 Å². The number of hydrogen-bond acceptors (Lipinski definition) is 3. The number of nitriles is 1. The largest absolute Gasteiger partial charge is 0.214 e. The molecule has 4 nitrogen and oxygen atoms in total. The minimum atomic E-state index is -3.10. The first-order chi connectivity index (χ1) is 7.06. The summed E-state index contributed by atoms with van der Waals surface area (Å²) >= 11 is 0. The van der Waals surface area contributed by atoms with Crippen molar-refractivity contribution in [3.8, 4) is 6.07 Å². The van der Waals surface area contributed by atoms with Crippen LogP contribution in [0.25, 0.3) is 0 Å². The van der Waals surface area contributed by atoms with Crippen molar-refractivity contribution in [2.75, 3.05) is 18.8 Å². The lowest BCUT2D eigenvalue weighted by atomic mass is 10.0. The highest BCUT2D eigenvalue weighted by Crippen LogP contribution is 2.19. The van der Waals surface area contributed by atoms with Crippen LogP contribution in [0.15, 0.2) is 0 Å². The van der Waals surface area contributed by atoms with E-state index in [-0.39, 0.29) is 5.75 Å². The molecule has 0 radical (unpaired) electrons. The topological polar surface area (TPSA) is 61.2 Å². The minimum Gasteiger partial charge on any atom is -0.212 e. The van der Waals surface area contributed by atoms with Crippen LogP contribution in [-0.2, 0) is 10.0 Å². The van der Waals surface area contributed by atoms with Gasteiger partial charge in [0, 0.05) is 19.5 Å². The lowest BCUT2D eigenvalue weighted by Crippen LogP contribution is -2.39. The molecule has 1 fully saturated rings. The van der Waals surface area contributed by atoms with Gasteiger partial charge in [-0.15, -0.1) is 0 Å². The van der Waals surface area contributed by atoms with Crippen LogP contribution in [0, 0.1) is 17.2 Å². The SMILES string of the molecule is CC1CCN(S(=O)(=O)CCCC#N)CC1. The van der Waals surface area contributed by atoms with Crippen LogP contribution in [0.5, 0.6) is 0 Å². The molecule has 1 heterocycles. The van der Waals surface area contributed by atoms with Crippen molar-refractivity contribution < 1.29 is 8.42 Å². The number of hydrogen-bond donors (Lipinski definition) is 0. The van der Waals surface area contributed by atoms with Crippen LogP contribution >= 0.6 is 0 Å². The molecule has 1 aliphatic heterocycles. The molecular formula is C10H18N2O2S. The highest BCUT2D eigenvalue weighted by Gasteiger charge is 2.25. The van der Waals surface area contributed by atoms with Crippen molar-refractivity contribution in [2.24, 2.45) is 5.92 Å². The Morgan fingerprint density at radius 2 is 2.00 bits per heavy atom. The number of piperidine rings is 1. The Labute approximate surface area is 91.9 Å². The Morgan fingerprint density at radius 1 is 1.40 bits per heavy atom. The molecule has 0 aliphatic carbocycles. The molecule has 0 spiro atoms. The van der Waals surface area contributed by atoms with Crippen molar-refractivity contribution in [1.29, 1.82) is 5.26 Å². The van der Waals surface area contributed by atoms with Crippen LogP contribution in [0.1, 0.15) is 32.6 Å². The summed E-state index contributed by atoms with van der Waals surface area (Å²) in [6.07, 6.45) is 2.68. The Hall–Kier alpha value is -0.600. The Balaban J connectivity index is 2.44. The lowest BCUT2D eigenvalue weighted by molar-refractivity contribution is 0.288. The second-order valence-corrected chi connectivity index (χ2v) is 6.25. The average Bonchev–Trinajstić information content (AvgIpc) is 2.18. The van der Waals surface area contributed by atoms with Crippen molar-refractivity contribution in [3.63, 3.8) is 0 Å². The Morgan fingerprint density at radius 3 is 2.53 bits per heavy atom. The van der Waals surface area contributed by atoms with E-state index in [1.54, 1.807) is 4.31 Å². The van der Waals surface area contributed by atoms with Gasteiger partial charge in [-0.2, -0.15) is 5.26 Å². The summed E-state index contributed by atoms with van der Waals surface area (Å²) < 4.78 is 25.1. The number of nitrogens with zero attached hydrogens (tertiary/aromatic N) is 2. The van der Waals surface area contributed by atoms with Gasteiger partial charge >= 0.3 is 0 Å². The molecule has 15 heavy (non-hydrogen) atoms. The first-order valence-corrected chi connectivity index (χ1v) is 7.02. The first kappa shape index (κ1) is 12.5. The maximum Gasteiger partial charge on any atom is 0.214 e. The standard InChI is InChI=1S/C10H18N2O2S/c1-10-4-7-12(8-5-10)15(13,14)9-3-2-6-11/h10H,2-5,7-9H2,1H3. The third-order valence-corrected chi connectivity index (χ3v) is 4.78. The molecule has 0 atom stereocenters. The van der Waals surface area contributed by atoms with Crippen molar-refractivity contribution >= 4 is 10.0 Å². The van der Waals surface area contributed by atoms with Gasteiger partial charge in [-0.3, -0.25) is 0 Å². The summed E-state index contributed by atoms with van der Waals surface area (Å²) in [6.45, 7) is 3.45.